The van der Waals surface area contributed by atoms with E-state index in [-0.39, 0.29) is 17.4 Å². The number of piperazine rings is 1. The summed E-state index contributed by atoms with van der Waals surface area (Å²) >= 11 is 0. The minimum Gasteiger partial charge on any atom is -0.480 e. The first-order valence-electron chi connectivity index (χ1n) is 9.13. The molecule has 7 nitrogen and oxygen atoms in total. The van der Waals surface area contributed by atoms with Crippen LogP contribution in [0.4, 0.5) is 0 Å². The van der Waals surface area contributed by atoms with Gasteiger partial charge >= 0.3 is 0 Å². The molecular formula is C20H21N3O4. The maximum absolute atomic E-state index is 12.8. The predicted octanol–water partition coefficient (Wildman–Crippen LogP) is 1.05. The van der Waals surface area contributed by atoms with Crippen LogP contribution >= 0.6 is 0 Å². The number of para-hydroxylation sites is 1. The fraction of sp³-hybridized carbons (Fsp3) is 0.350. The molecule has 2 amide bonds. The number of amides is 2. The van der Waals surface area contributed by atoms with Gasteiger partial charge in [0.1, 0.15) is 5.75 Å². The highest BCUT2D eigenvalue weighted by Gasteiger charge is 2.32. The lowest BCUT2D eigenvalue weighted by Crippen LogP contribution is -2.54. The Kier molecular flexibility index (Phi) is 4.66. The fourth-order valence-electron chi connectivity index (χ4n) is 3.56. The molecule has 7 heteroatoms. The van der Waals surface area contributed by atoms with E-state index < -0.39 is 6.10 Å². The topological polar surface area (TPSA) is 82.7 Å². The lowest BCUT2D eigenvalue weighted by Gasteiger charge is -2.37. The average Bonchev–Trinajstić information content (AvgIpc) is 2.73. The van der Waals surface area contributed by atoms with Crippen molar-refractivity contribution in [2.75, 3.05) is 26.2 Å². The monoisotopic (exact) mass is 367 g/mol. The van der Waals surface area contributed by atoms with E-state index >= 15 is 0 Å². The Morgan fingerprint density at radius 3 is 2.48 bits per heavy atom. The van der Waals surface area contributed by atoms with Crippen molar-refractivity contribution in [2.45, 2.75) is 18.9 Å². The molecule has 1 aromatic carbocycles. The summed E-state index contributed by atoms with van der Waals surface area (Å²) in [5.74, 6) is 0.635. The number of aromatic nitrogens is 1. The zero-order valence-corrected chi connectivity index (χ0v) is 14.9. The highest BCUT2D eigenvalue weighted by molar-refractivity contribution is 5.94. The molecule has 0 aliphatic carbocycles. The van der Waals surface area contributed by atoms with Gasteiger partial charge in [0.15, 0.2) is 6.10 Å². The van der Waals surface area contributed by atoms with Crippen LogP contribution in [-0.2, 0) is 11.2 Å². The third-order valence-electron chi connectivity index (χ3n) is 5.10. The highest BCUT2D eigenvalue weighted by Crippen LogP contribution is 2.28. The number of pyridine rings is 1. The van der Waals surface area contributed by atoms with Crippen LogP contribution in [0.15, 0.2) is 47.4 Å². The molecule has 4 rings (SSSR count). The van der Waals surface area contributed by atoms with Gasteiger partial charge in [0.2, 0.25) is 5.56 Å². The van der Waals surface area contributed by atoms with E-state index in [1.165, 1.54) is 18.3 Å². The maximum atomic E-state index is 12.8. The highest BCUT2D eigenvalue weighted by atomic mass is 16.5. The summed E-state index contributed by atoms with van der Waals surface area (Å²) in [7, 11) is 0. The molecule has 1 aromatic heterocycles. The molecule has 2 aliphatic heterocycles. The summed E-state index contributed by atoms with van der Waals surface area (Å²) in [6.07, 6.45) is 2.47. The second-order valence-electron chi connectivity index (χ2n) is 6.81. The minimum absolute atomic E-state index is 0.0133. The quantitative estimate of drug-likeness (QED) is 0.860. The molecule has 1 saturated heterocycles. The molecular weight excluding hydrogens is 346 g/mol. The van der Waals surface area contributed by atoms with Crippen LogP contribution in [0.5, 0.6) is 5.75 Å². The average molecular weight is 367 g/mol. The summed E-state index contributed by atoms with van der Waals surface area (Å²) in [6, 6.07) is 10.7. The van der Waals surface area contributed by atoms with Gasteiger partial charge in [-0.3, -0.25) is 14.4 Å². The molecule has 0 bridgehead atoms. The van der Waals surface area contributed by atoms with E-state index in [9.17, 15) is 14.4 Å². The van der Waals surface area contributed by atoms with E-state index in [4.69, 9.17) is 4.74 Å². The van der Waals surface area contributed by atoms with Crippen LogP contribution in [0, 0.1) is 0 Å². The van der Waals surface area contributed by atoms with E-state index in [1.54, 1.807) is 9.80 Å². The second-order valence-corrected chi connectivity index (χ2v) is 6.81. The lowest BCUT2D eigenvalue weighted by molar-refractivity contribution is -0.141. The van der Waals surface area contributed by atoms with Gasteiger partial charge in [-0.05, 0) is 30.5 Å². The van der Waals surface area contributed by atoms with E-state index in [0.29, 0.717) is 38.2 Å². The SMILES string of the molecule is O=C(c1ccc(=O)[nH]c1)N1CCN(C(=O)C2CCc3ccccc3O2)CC1. The number of benzene rings is 1. The van der Waals surface area contributed by atoms with Gasteiger partial charge in [-0.1, -0.05) is 18.2 Å². The number of carbonyl (C=O) groups excluding carboxylic acids is 2. The van der Waals surface area contributed by atoms with Crippen molar-refractivity contribution in [2.24, 2.45) is 0 Å². The van der Waals surface area contributed by atoms with E-state index in [0.717, 1.165) is 17.7 Å². The first kappa shape index (κ1) is 17.3. The number of H-pyrrole nitrogens is 1. The Balaban J connectivity index is 1.35. The van der Waals surface area contributed by atoms with Gasteiger partial charge in [-0.25, -0.2) is 0 Å². The Morgan fingerprint density at radius 2 is 1.74 bits per heavy atom. The molecule has 2 aliphatic rings. The lowest BCUT2D eigenvalue weighted by atomic mass is 10.0. The third kappa shape index (κ3) is 3.58. The Hall–Kier alpha value is -3.09. The van der Waals surface area contributed by atoms with Gasteiger partial charge in [0.05, 0.1) is 5.56 Å². The van der Waals surface area contributed by atoms with E-state index in [1.807, 2.05) is 24.3 Å². The Labute approximate surface area is 156 Å². The van der Waals surface area contributed by atoms with Crippen molar-refractivity contribution in [3.05, 3.63) is 64.1 Å². The van der Waals surface area contributed by atoms with Crippen LogP contribution in [-0.4, -0.2) is 58.9 Å². The molecule has 140 valence electrons. The predicted molar refractivity (Wildman–Crippen MR) is 98.7 cm³/mol. The number of aromatic amines is 1. The van der Waals surface area contributed by atoms with Gasteiger partial charge < -0.3 is 19.5 Å². The fourth-order valence-corrected chi connectivity index (χ4v) is 3.56. The summed E-state index contributed by atoms with van der Waals surface area (Å²) in [6.45, 7) is 1.89. The zero-order valence-electron chi connectivity index (χ0n) is 14.9. The number of ether oxygens (including phenoxy) is 1. The van der Waals surface area contributed by atoms with Gasteiger partial charge in [-0.2, -0.15) is 0 Å². The first-order chi connectivity index (χ1) is 13.1. The molecule has 1 N–H and O–H groups in total. The molecule has 0 radical (unpaired) electrons. The normalized spacial score (nSPS) is 19.2. The molecule has 1 fully saturated rings. The molecule has 3 heterocycles. The number of aryl methyl sites for hydroxylation is 1. The Morgan fingerprint density at radius 1 is 1.00 bits per heavy atom. The number of hydrogen-bond acceptors (Lipinski definition) is 4. The molecule has 27 heavy (non-hydrogen) atoms. The third-order valence-corrected chi connectivity index (χ3v) is 5.10. The van der Waals surface area contributed by atoms with E-state index in [2.05, 4.69) is 4.98 Å². The number of fused-ring (bicyclic) bond motifs is 1. The number of nitrogens with zero attached hydrogens (tertiary/aromatic N) is 2. The second kappa shape index (κ2) is 7.26. The summed E-state index contributed by atoms with van der Waals surface area (Å²) in [5, 5.41) is 0. The number of nitrogens with one attached hydrogen (secondary N) is 1. The van der Waals surface area contributed by atoms with Crippen molar-refractivity contribution in [3.8, 4) is 5.75 Å². The van der Waals surface area contributed by atoms with Crippen molar-refractivity contribution >= 4 is 11.8 Å². The summed E-state index contributed by atoms with van der Waals surface area (Å²) in [5.41, 5.74) is 1.34. The smallest absolute Gasteiger partial charge is 0.263 e. The van der Waals surface area contributed by atoms with Crippen LogP contribution in [0.25, 0.3) is 0 Å². The zero-order chi connectivity index (χ0) is 18.8. The maximum Gasteiger partial charge on any atom is 0.263 e. The molecule has 0 saturated carbocycles. The molecule has 1 atom stereocenters. The van der Waals surface area contributed by atoms with Crippen molar-refractivity contribution in [1.82, 2.24) is 14.8 Å². The first-order valence-corrected chi connectivity index (χ1v) is 9.13. The number of rotatable bonds is 2. The number of carbonyl (C=O) groups is 2. The minimum atomic E-state index is -0.457. The number of hydrogen-bond donors (Lipinski definition) is 1. The largest absolute Gasteiger partial charge is 0.480 e. The molecule has 1 unspecified atom stereocenters. The van der Waals surface area contributed by atoms with Gasteiger partial charge in [0, 0.05) is 38.4 Å². The van der Waals surface area contributed by atoms with Crippen LogP contribution in [0.1, 0.15) is 22.3 Å². The van der Waals surface area contributed by atoms with Crippen LogP contribution in [0.3, 0.4) is 0 Å². The van der Waals surface area contributed by atoms with Crippen LogP contribution in [0.2, 0.25) is 0 Å². The van der Waals surface area contributed by atoms with Gasteiger partial charge in [0.25, 0.3) is 11.8 Å². The summed E-state index contributed by atoms with van der Waals surface area (Å²) in [4.78, 5) is 42.4. The Bertz CT molecular complexity index is 895. The van der Waals surface area contributed by atoms with Crippen LogP contribution < -0.4 is 10.3 Å². The van der Waals surface area contributed by atoms with Gasteiger partial charge in [-0.15, -0.1) is 0 Å². The molecule has 0 spiro atoms. The molecule has 2 aromatic rings. The standard InChI is InChI=1S/C20H21N3O4/c24-18-8-6-15(13-21-18)19(25)22-9-11-23(12-10-22)20(26)17-7-5-14-3-1-2-4-16(14)27-17/h1-4,6,8,13,17H,5,7,9-12H2,(H,21,24). The van der Waals surface area contributed by atoms with Crippen molar-refractivity contribution in [1.29, 1.82) is 0 Å². The van der Waals surface area contributed by atoms with Crippen molar-refractivity contribution < 1.29 is 14.3 Å². The van der Waals surface area contributed by atoms with Crippen molar-refractivity contribution in [3.63, 3.8) is 0 Å². The summed E-state index contributed by atoms with van der Waals surface area (Å²) < 4.78 is 5.90.